The number of amides is 1. The largest absolute Gasteiger partial charge is 0.394 e. The number of benzene rings is 1. The predicted octanol–water partition coefficient (Wildman–Crippen LogP) is 0.301. The number of carbonyl (C=O) groups excluding carboxylic acids is 1. The first-order valence-electron chi connectivity index (χ1n) is 8.37. The molecule has 140 valence electrons. The standard InChI is InChI=1S/C17H18N6O4/c18-17-21-14(20-16(26)9-4-2-1-3-5-9)13-15(22-17)23(8-19-13)12-6-10(25)11(7-24)27-12/h1-5,8,10-12,24-25H,6-7H2,(H3,18,20,21,22,26)/t10-,11+,12-/m0/s1. The summed E-state index contributed by atoms with van der Waals surface area (Å²) >= 11 is 0. The second-order valence-electron chi connectivity index (χ2n) is 6.19. The van der Waals surface area contributed by atoms with Crippen LogP contribution in [-0.4, -0.2) is 54.5 Å². The smallest absolute Gasteiger partial charge is 0.256 e. The number of ether oxygens (including phenoxy) is 1. The molecule has 1 aliphatic heterocycles. The van der Waals surface area contributed by atoms with Gasteiger partial charge in [0.2, 0.25) is 5.95 Å². The Morgan fingerprint density at radius 3 is 2.81 bits per heavy atom. The number of aliphatic hydroxyl groups is 2. The number of hydrogen-bond acceptors (Lipinski definition) is 8. The zero-order valence-corrected chi connectivity index (χ0v) is 14.2. The maximum atomic E-state index is 12.4. The van der Waals surface area contributed by atoms with Crippen LogP contribution in [0.25, 0.3) is 11.2 Å². The number of nitrogens with zero attached hydrogens (tertiary/aromatic N) is 4. The van der Waals surface area contributed by atoms with Gasteiger partial charge in [-0.3, -0.25) is 9.36 Å². The summed E-state index contributed by atoms with van der Waals surface area (Å²) in [5.41, 5.74) is 6.98. The van der Waals surface area contributed by atoms with Crippen LogP contribution < -0.4 is 11.1 Å². The molecule has 27 heavy (non-hydrogen) atoms. The molecule has 0 aliphatic carbocycles. The number of anilines is 2. The van der Waals surface area contributed by atoms with Gasteiger partial charge >= 0.3 is 0 Å². The molecule has 1 amide bonds. The molecular weight excluding hydrogens is 352 g/mol. The molecule has 0 radical (unpaired) electrons. The molecule has 10 heteroatoms. The molecule has 0 bridgehead atoms. The van der Waals surface area contributed by atoms with Gasteiger partial charge in [-0.15, -0.1) is 0 Å². The Kier molecular flexibility index (Phi) is 4.44. The van der Waals surface area contributed by atoms with E-state index in [1.165, 1.54) is 6.33 Å². The molecule has 0 unspecified atom stereocenters. The van der Waals surface area contributed by atoms with Crippen LogP contribution >= 0.6 is 0 Å². The molecule has 1 aliphatic rings. The predicted molar refractivity (Wildman–Crippen MR) is 95.8 cm³/mol. The van der Waals surface area contributed by atoms with Crippen molar-refractivity contribution in [1.29, 1.82) is 0 Å². The van der Waals surface area contributed by atoms with Gasteiger partial charge in [0.1, 0.15) is 12.3 Å². The average molecular weight is 370 g/mol. The van der Waals surface area contributed by atoms with Crippen LogP contribution in [0.5, 0.6) is 0 Å². The van der Waals surface area contributed by atoms with E-state index >= 15 is 0 Å². The van der Waals surface area contributed by atoms with E-state index in [0.29, 0.717) is 16.7 Å². The molecule has 3 aromatic rings. The van der Waals surface area contributed by atoms with E-state index in [2.05, 4.69) is 20.3 Å². The third-order valence-electron chi connectivity index (χ3n) is 4.40. The molecule has 10 nitrogen and oxygen atoms in total. The summed E-state index contributed by atoms with van der Waals surface area (Å²) in [5, 5.41) is 21.9. The summed E-state index contributed by atoms with van der Waals surface area (Å²) in [6, 6.07) is 8.69. The van der Waals surface area contributed by atoms with Gasteiger partial charge in [0, 0.05) is 12.0 Å². The average Bonchev–Trinajstić information content (AvgIpc) is 3.25. The van der Waals surface area contributed by atoms with Crippen molar-refractivity contribution in [1.82, 2.24) is 19.5 Å². The van der Waals surface area contributed by atoms with Gasteiger partial charge in [0.15, 0.2) is 17.0 Å². The first-order chi connectivity index (χ1) is 13.1. The Balaban J connectivity index is 1.68. The minimum absolute atomic E-state index is 0.0372. The minimum atomic E-state index is -0.797. The number of rotatable bonds is 4. The van der Waals surface area contributed by atoms with Crippen molar-refractivity contribution in [2.24, 2.45) is 0 Å². The Morgan fingerprint density at radius 2 is 2.11 bits per heavy atom. The first kappa shape index (κ1) is 17.3. The highest BCUT2D eigenvalue weighted by molar-refractivity contribution is 6.06. The fraction of sp³-hybridized carbons (Fsp3) is 0.294. The van der Waals surface area contributed by atoms with E-state index < -0.39 is 18.4 Å². The molecule has 0 spiro atoms. The maximum absolute atomic E-state index is 12.4. The number of aliphatic hydroxyl groups excluding tert-OH is 2. The van der Waals surface area contributed by atoms with E-state index in [4.69, 9.17) is 10.5 Å². The van der Waals surface area contributed by atoms with Crippen LogP contribution in [0.3, 0.4) is 0 Å². The van der Waals surface area contributed by atoms with Gasteiger partial charge in [0.25, 0.3) is 5.91 Å². The van der Waals surface area contributed by atoms with Gasteiger partial charge in [-0.2, -0.15) is 9.97 Å². The molecule has 1 aromatic carbocycles. The molecule has 0 saturated carbocycles. The van der Waals surface area contributed by atoms with Crippen molar-refractivity contribution in [3.8, 4) is 0 Å². The fourth-order valence-electron chi connectivity index (χ4n) is 3.05. The van der Waals surface area contributed by atoms with Crippen LogP contribution in [-0.2, 0) is 4.74 Å². The third kappa shape index (κ3) is 3.21. The molecular formula is C17H18N6O4. The lowest BCUT2D eigenvalue weighted by Crippen LogP contribution is -2.24. The SMILES string of the molecule is Nc1nc(NC(=O)c2ccccc2)c2ncn([C@@H]3C[C@H](O)[C@@H](CO)O3)c2n1. The summed E-state index contributed by atoms with van der Waals surface area (Å²) in [5.74, 6) is -0.204. The maximum Gasteiger partial charge on any atom is 0.256 e. The molecule has 1 fully saturated rings. The van der Waals surface area contributed by atoms with Crippen LogP contribution in [0.4, 0.5) is 11.8 Å². The van der Waals surface area contributed by atoms with Gasteiger partial charge in [-0.1, -0.05) is 18.2 Å². The molecule has 5 N–H and O–H groups in total. The summed E-state index contributed by atoms with van der Waals surface area (Å²) in [7, 11) is 0. The number of nitrogens with one attached hydrogen (secondary N) is 1. The van der Waals surface area contributed by atoms with E-state index in [1.54, 1.807) is 28.8 Å². The van der Waals surface area contributed by atoms with Crippen molar-refractivity contribution in [3.63, 3.8) is 0 Å². The normalized spacial score (nSPS) is 22.2. The van der Waals surface area contributed by atoms with E-state index in [0.717, 1.165) is 0 Å². The molecule has 4 rings (SSSR count). The van der Waals surface area contributed by atoms with Gasteiger partial charge in [-0.25, -0.2) is 4.98 Å². The van der Waals surface area contributed by atoms with Crippen molar-refractivity contribution in [2.75, 3.05) is 17.7 Å². The topological polar surface area (TPSA) is 148 Å². The van der Waals surface area contributed by atoms with Crippen molar-refractivity contribution in [2.45, 2.75) is 24.9 Å². The zero-order chi connectivity index (χ0) is 19.0. The Labute approximate surface area is 153 Å². The third-order valence-corrected chi connectivity index (χ3v) is 4.40. The molecule has 2 aromatic heterocycles. The fourth-order valence-corrected chi connectivity index (χ4v) is 3.05. The molecule has 3 heterocycles. The summed E-state index contributed by atoms with van der Waals surface area (Å²) in [6.45, 7) is -0.292. The molecule has 3 atom stereocenters. The number of fused-ring (bicyclic) bond motifs is 1. The lowest BCUT2D eigenvalue weighted by Gasteiger charge is -2.14. The first-order valence-corrected chi connectivity index (χ1v) is 8.37. The highest BCUT2D eigenvalue weighted by atomic mass is 16.5. The highest BCUT2D eigenvalue weighted by Crippen LogP contribution is 2.32. The number of nitrogens with two attached hydrogens (primary N) is 1. The number of aromatic nitrogens is 4. The van der Waals surface area contributed by atoms with Crippen LogP contribution in [0.15, 0.2) is 36.7 Å². The van der Waals surface area contributed by atoms with Crippen molar-refractivity contribution in [3.05, 3.63) is 42.2 Å². The van der Waals surface area contributed by atoms with Crippen LogP contribution in [0.2, 0.25) is 0 Å². The highest BCUT2D eigenvalue weighted by Gasteiger charge is 2.35. The number of carbonyl (C=O) groups is 1. The lowest BCUT2D eigenvalue weighted by molar-refractivity contribution is -0.0432. The summed E-state index contributed by atoms with van der Waals surface area (Å²) < 4.78 is 7.24. The van der Waals surface area contributed by atoms with E-state index in [1.807, 2.05) is 6.07 Å². The lowest BCUT2D eigenvalue weighted by atomic mass is 10.2. The monoisotopic (exact) mass is 370 g/mol. The number of nitrogen functional groups attached to an aromatic ring is 1. The van der Waals surface area contributed by atoms with Crippen molar-refractivity contribution >= 4 is 28.8 Å². The van der Waals surface area contributed by atoms with Crippen LogP contribution in [0, 0.1) is 0 Å². The van der Waals surface area contributed by atoms with Crippen molar-refractivity contribution < 1.29 is 19.7 Å². The zero-order valence-electron chi connectivity index (χ0n) is 14.2. The van der Waals surface area contributed by atoms with Crippen LogP contribution in [0.1, 0.15) is 23.0 Å². The summed E-state index contributed by atoms with van der Waals surface area (Å²) in [4.78, 5) is 25.0. The Bertz CT molecular complexity index is 976. The summed E-state index contributed by atoms with van der Waals surface area (Å²) in [6.07, 6.45) is -0.285. The molecule has 1 saturated heterocycles. The number of hydrogen-bond donors (Lipinski definition) is 4. The minimum Gasteiger partial charge on any atom is -0.394 e. The quantitative estimate of drug-likeness (QED) is 0.512. The Morgan fingerprint density at radius 1 is 1.33 bits per heavy atom. The van der Waals surface area contributed by atoms with E-state index in [-0.39, 0.29) is 30.7 Å². The van der Waals surface area contributed by atoms with Gasteiger partial charge < -0.3 is 26.0 Å². The van der Waals surface area contributed by atoms with E-state index in [9.17, 15) is 15.0 Å². The van der Waals surface area contributed by atoms with Gasteiger partial charge in [0.05, 0.1) is 19.0 Å². The van der Waals surface area contributed by atoms with Gasteiger partial charge in [-0.05, 0) is 12.1 Å². The Hall–Kier alpha value is -3.08. The number of imidazole rings is 1. The second kappa shape index (κ2) is 6.91. The second-order valence-corrected chi connectivity index (χ2v) is 6.19.